The summed E-state index contributed by atoms with van der Waals surface area (Å²) in [5.74, 6) is 0. The van der Waals surface area contributed by atoms with Gasteiger partial charge in [0.15, 0.2) is 6.29 Å². The van der Waals surface area contributed by atoms with Crippen molar-refractivity contribution in [3.05, 3.63) is 62.8 Å². The number of aliphatic hydroxyl groups is 1. The predicted octanol–water partition coefficient (Wildman–Crippen LogP) is 1.90. The second-order valence-corrected chi connectivity index (χ2v) is 5.40. The van der Waals surface area contributed by atoms with Crippen LogP contribution in [0.1, 0.15) is 5.56 Å². The fourth-order valence-electron chi connectivity index (χ4n) is 2.68. The van der Waals surface area contributed by atoms with Crippen molar-refractivity contribution >= 4 is 28.4 Å². The van der Waals surface area contributed by atoms with Crippen molar-refractivity contribution < 1.29 is 14.9 Å². The van der Waals surface area contributed by atoms with Gasteiger partial charge in [0.2, 0.25) is 0 Å². The van der Waals surface area contributed by atoms with Gasteiger partial charge < -0.3 is 36.2 Å². The third kappa shape index (κ3) is 2.61. The van der Waals surface area contributed by atoms with Crippen LogP contribution in [-0.2, 0) is 16.2 Å². The first-order valence-corrected chi connectivity index (χ1v) is 7.13. The Kier molecular flexibility index (Phi) is 3.63. The van der Waals surface area contributed by atoms with Gasteiger partial charge in [-0.25, -0.2) is 0 Å². The van der Waals surface area contributed by atoms with Gasteiger partial charge in [-0.2, -0.15) is 4.94 Å². The first kappa shape index (κ1) is 15.9. The molecule has 25 heavy (non-hydrogen) atoms. The van der Waals surface area contributed by atoms with E-state index in [1.165, 1.54) is 36.4 Å². The molecule has 2 aliphatic heterocycles. The van der Waals surface area contributed by atoms with E-state index in [0.717, 1.165) is 0 Å². The average Bonchev–Trinajstić information content (AvgIpc) is 2.87. The van der Waals surface area contributed by atoms with Gasteiger partial charge in [-0.15, -0.1) is 0 Å². The predicted molar refractivity (Wildman–Crippen MR) is 87.8 cm³/mol. The van der Waals surface area contributed by atoms with E-state index in [4.69, 9.17) is 0 Å². The highest BCUT2D eigenvalue weighted by atomic mass is 17.1. The highest BCUT2D eigenvalue weighted by molar-refractivity contribution is 5.80. The van der Waals surface area contributed by atoms with Crippen LogP contribution < -0.4 is 20.7 Å². The molecule has 0 fully saturated rings. The number of fused-ring (bicyclic) bond motifs is 2. The van der Waals surface area contributed by atoms with Crippen LogP contribution in [0.5, 0.6) is 0 Å². The first-order chi connectivity index (χ1) is 11.9. The lowest BCUT2D eigenvalue weighted by Gasteiger charge is -2.39. The molecule has 0 radical (unpaired) electrons. The van der Waals surface area contributed by atoms with Crippen LogP contribution in [-0.4, -0.2) is 11.4 Å². The maximum Gasteiger partial charge on any atom is 0.184 e. The normalized spacial score (nSPS) is 19.1. The molecular formula is C14H10N4O7-4. The highest BCUT2D eigenvalue weighted by Crippen LogP contribution is 2.40. The molecular weight excluding hydrogens is 336 g/mol. The topological polar surface area (TPSA) is 144 Å². The summed E-state index contributed by atoms with van der Waals surface area (Å²) in [6.07, 6.45) is -1.25. The average molecular weight is 346 g/mol. The molecule has 132 valence electrons. The molecule has 2 heterocycles. The standard InChI is InChI=1S/C14H10N4O7/c19-14-6-8-5-9(1-3-11(8)16(21)24-14)15(20)10-2-4-12-13(7-10)18(23)25-17(12)22/h1-5,7,14,19H,6H2/q-4. The Morgan fingerprint density at radius 3 is 2.32 bits per heavy atom. The molecule has 0 spiro atoms. The van der Waals surface area contributed by atoms with E-state index >= 15 is 0 Å². The molecule has 2 aromatic carbocycles. The molecule has 11 nitrogen and oxygen atoms in total. The van der Waals surface area contributed by atoms with Gasteiger partial charge in [0.05, 0.1) is 17.1 Å². The lowest BCUT2D eigenvalue weighted by Crippen LogP contribution is -2.32. The van der Waals surface area contributed by atoms with Crippen molar-refractivity contribution in [2.45, 2.75) is 12.7 Å². The zero-order valence-corrected chi connectivity index (χ0v) is 12.4. The number of anilines is 5. The van der Waals surface area contributed by atoms with Crippen molar-refractivity contribution in [3.8, 4) is 0 Å². The van der Waals surface area contributed by atoms with E-state index < -0.39 is 6.29 Å². The summed E-state index contributed by atoms with van der Waals surface area (Å²) in [5, 5.41) is 57.3. The van der Waals surface area contributed by atoms with Gasteiger partial charge in [0, 0.05) is 17.8 Å². The number of aliphatic hydroxyl groups excluding tert-OH is 1. The van der Waals surface area contributed by atoms with Gasteiger partial charge >= 0.3 is 0 Å². The minimum Gasteiger partial charge on any atom is -0.754 e. The fourth-order valence-corrected chi connectivity index (χ4v) is 2.68. The van der Waals surface area contributed by atoms with E-state index in [1.807, 2.05) is 0 Å². The second-order valence-electron chi connectivity index (χ2n) is 5.40. The Balaban J connectivity index is 1.67. The van der Waals surface area contributed by atoms with E-state index in [1.54, 1.807) is 0 Å². The van der Waals surface area contributed by atoms with Gasteiger partial charge in [-0.3, -0.25) is 15.3 Å². The Labute approximate surface area is 140 Å². The summed E-state index contributed by atoms with van der Waals surface area (Å²) in [5.41, 5.74) is 0.785. The third-order valence-corrected chi connectivity index (χ3v) is 3.84. The van der Waals surface area contributed by atoms with E-state index in [2.05, 4.69) is 9.78 Å². The molecule has 1 unspecified atom stereocenters. The zero-order valence-electron chi connectivity index (χ0n) is 12.4. The summed E-state index contributed by atoms with van der Waals surface area (Å²) in [7, 11) is 0. The van der Waals surface area contributed by atoms with Crippen molar-refractivity contribution in [2.24, 2.45) is 0 Å². The van der Waals surface area contributed by atoms with Gasteiger partial charge in [-0.05, 0) is 42.0 Å². The smallest absolute Gasteiger partial charge is 0.184 e. The molecule has 2 aromatic rings. The maximum absolute atomic E-state index is 12.6. The van der Waals surface area contributed by atoms with Crippen molar-refractivity contribution in [1.29, 1.82) is 0 Å². The molecule has 0 aromatic heterocycles. The van der Waals surface area contributed by atoms with E-state index in [-0.39, 0.29) is 50.5 Å². The Hall–Kier alpha value is -2.64. The van der Waals surface area contributed by atoms with Gasteiger partial charge in [0.25, 0.3) is 0 Å². The quantitative estimate of drug-likeness (QED) is 0.796. The number of nitrogens with zero attached hydrogens (tertiary/aromatic N) is 4. The van der Waals surface area contributed by atoms with Crippen LogP contribution in [0.15, 0.2) is 36.4 Å². The summed E-state index contributed by atoms with van der Waals surface area (Å²) in [4.78, 5) is 8.95. The molecule has 0 bridgehead atoms. The summed E-state index contributed by atoms with van der Waals surface area (Å²) in [6.45, 7) is 0. The molecule has 11 heteroatoms. The monoisotopic (exact) mass is 346 g/mol. The fraction of sp³-hybridized carbons (Fsp3) is 0.143. The van der Waals surface area contributed by atoms with Crippen LogP contribution in [0, 0.1) is 20.8 Å². The zero-order chi connectivity index (χ0) is 17.7. The maximum atomic E-state index is 12.6. The Morgan fingerprint density at radius 1 is 0.920 bits per heavy atom. The van der Waals surface area contributed by atoms with Gasteiger partial charge in [0.1, 0.15) is 0 Å². The van der Waals surface area contributed by atoms with Gasteiger partial charge in [-0.1, -0.05) is 0 Å². The summed E-state index contributed by atoms with van der Waals surface area (Å²) >= 11 is 0. The molecule has 0 aliphatic carbocycles. The van der Waals surface area contributed by atoms with Crippen LogP contribution >= 0.6 is 0 Å². The molecule has 1 atom stereocenters. The molecule has 4 rings (SSSR count). The van der Waals surface area contributed by atoms with Crippen LogP contribution in [0.25, 0.3) is 0 Å². The molecule has 0 saturated heterocycles. The third-order valence-electron chi connectivity index (χ3n) is 3.84. The summed E-state index contributed by atoms with van der Waals surface area (Å²) in [6, 6.07) is 8.09. The number of benzene rings is 2. The van der Waals surface area contributed by atoms with Crippen LogP contribution in [0.2, 0.25) is 0 Å². The highest BCUT2D eigenvalue weighted by Gasteiger charge is 2.20. The van der Waals surface area contributed by atoms with Crippen LogP contribution in [0.4, 0.5) is 28.4 Å². The van der Waals surface area contributed by atoms with E-state index in [0.29, 0.717) is 10.6 Å². The van der Waals surface area contributed by atoms with Crippen molar-refractivity contribution in [1.82, 2.24) is 0 Å². The largest absolute Gasteiger partial charge is 0.754 e. The SMILES string of the molecule is [O-]N1OC(O)Cc2cc(N([O-])c3ccc4c(c3)N([O-])ON4[O-])ccc21. The van der Waals surface area contributed by atoms with E-state index in [9.17, 15) is 25.9 Å². The molecule has 2 aliphatic rings. The Bertz CT molecular complexity index is 820. The second kappa shape index (κ2) is 5.72. The lowest BCUT2D eigenvalue weighted by molar-refractivity contribution is -0.106. The minimum atomic E-state index is -1.30. The Morgan fingerprint density at radius 2 is 1.56 bits per heavy atom. The first-order valence-electron chi connectivity index (χ1n) is 7.13. The van der Waals surface area contributed by atoms with Crippen molar-refractivity contribution in [2.75, 3.05) is 20.7 Å². The van der Waals surface area contributed by atoms with Crippen molar-refractivity contribution in [3.63, 3.8) is 0 Å². The van der Waals surface area contributed by atoms with Crippen LogP contribution in [0.3, 0.4) is 0 Å². The lowest BCUT2D eigenvalue weighted by atomic mass is 10.1. The molecule has 1 N–H and O–H groups in total. The minimum absolute atomic E-state index is 0.00946. The number of hydrogen-bond acceptors (Lipinski definition) is 11. The summed E-state index contributed by atoms with van der Waals surface area (Å²) < 4.78 is 0. The molecule has 0 amide bonds. The number of hydrogen-bond donors (Lipinski definition) is 1. The molecule has 0 saturated carbocycles. The number of rotatable bonds is 2.